The van der Waals surface area contributed by atoms with E-state index in [1.54, 1.807) is 0 Å². The Morgan fingerprint density at radius 2 is 2.14 bits per heavy atom. The van der Waals surface area contributed by atoms with Gasteiger partial charge in [-0.3, -0.25) is 0 Å². The fraction of sp³-hybridized carbons (Fsp3) is 0.381. The van der Waals surface area contributed by atoms with Crippen molar-refractivity contribution >= 4 is 5.71 Å². The van der Waals surface area contributed by atoms with E-state index in [4.69, 9.17) is 5.41 Å². The summed E-state index contributed by atoms with van der Waals surface area (Å²) in [4.78, 5) is 0. The zero-order valence-corrected chi connectivity index (χ0v) is 14.0. The third kappa shape index (κ3) is 3.65. The Bertz CT molecular complexity index is 595. The number of nitrogens with one attached hydrogen (secondary N) is 1. The maximum absolute atomic E-state index is 8.76. The fourth-order valence-electron chi connectivity index (χ4n) is 3.30. The Hall–Kier alpha value is -1.89. The van der Waals surface area contributed by atoms with Gasteiger partial charge in [-0.05, 0) is 45.1 Å². The van der Waals surface area contributed by atoms with Crippen LogP contribution in [0.15, 0.2) is 71.9 Å². The standard InChI is InChI=1S/C21H27N/c1-5-7-8-18-14-16(4)10-12-20(18)21(22)19-11-9-15(3)13-17(19)6-2/h5-7,9-13,17-19,22H,2,8,14H2,1,3-4H3. The number of allylic oxidation sites excluding steroid dienone is 11. The van der Waals surface area contributed by atoms with E-state index in [-0.39, 0.29) is 11.8 Å². The summed E-state index contributed by atoms with van der Waals surface area (Å²) in [7, 11) is 0. The molecule has 0 heterocycles. The lowest BCUT2D eigenvalue weighted by molar-refractivity contribution is 0.609. The maximum atomic E-state index is 8.76. The van der Waals surface area contributed by atoms with Crippen LogP contribution < -0.4 is 0 Å². The summed E-state index contributed by atoms with van der Waals surface area (Å²) in [5.74, 6) is 0.778. The molecule has 3 unspecified atom stereocenters. The van der Waals surface area contributed by atoms with Gasteiger partial charge in [0.15, 0.2) is 0 Å². The van der Waals surface area contributed by atoms with Crippen LogP contribution in [0.5, 0.6) is 0 Å². The molecule has 1 heteroatoms. The van der Waals surface area contributed by atoms with Gasteiger partial charge in [0, 0.05) is 17.5 Å². The van der Waals surface area contributed by atoms with Crippen molar-refractivity contribution in [3.8, 4) is 0 Å². The van der Waals surface area contributed by atoms with Crippen molar-refractivity contribution in [1.82, 2.24) is 0 Å². The molecule has 1 N–H and O–H groups in total. The molecule has 0 bridgehead atoms. The van der Waals surface area contributed by atoms with E-state index in [0.717, 1.165) is 18.6 Å². The molecular weight excluding hydrogens is 266 g/mol. The molecule has 0 fully saturated rings. The summed E-state index contributed by atoms with van der Waals surface area (Å²) in [5, 5.41) is 8.76. The first-order valence-corrected chi connectivity index (χ1v) is 8.13. The second kappa shape index (κ2) is 7.40. The minimum atomic E-state index is 0.118. The monoisotopic (exact) mass is 293 g/mol. The van der Waals surface area contributed by atoms with Crippen LogP contribution in [-0.2, 0) is 0 Å². The highest BCUT2D eigenvalue weighted by atomic mass is 14.5. The van der Waals surface area contributed by atoms with E-state index in [1.165, 1.54) is 16.7 Å². The zero-order valence-electron chi connectivity index (χ0n) is 14.0. The second-order valence-electron chi connectivity index (χ2n) is 6.36. The minimum Gasteiger partial charge on any atom is -0.304 e. The molecule has 0 amide bonds. The normalized spacial score (nSPS) is 28.1. The SMILES string of the molecule is C=CC1C=C(C)C=CC1C(=N)C1=CC=C(C)CC1CC=CC. The molecule has 0 radical (unpaired) electrons. The molecule has 2 aliphatic carbocycles. The summed E-state index contributed by atoms with van der Waals surface area (Å²) < 4.78 is 0. The molecule has 0 aromatic heterocycles. The van der Waals surface area contributed by atoms with Crippen LogP contribution in [-0.4, -0.2) is 5.71 Å². The van der Waals surface area contributed by atoms with Gasteiger partial charge >= 0.3 is 0 Å². The minimum absolute atomic E-state index is 0.118. The zero-order chi connectivity index (χ0) is 16.1. The molecule has 1 nitrogen and oxygen atoms in total. The van der Waals surface area contributed by atoms with Crippen LogP contribution in [0.25, 0.3) is 0 Å². The van der Waals surface area contributed by atoms with E-state index in [2.05, 4.69) is 69.9 Å². The van der Waals surface area contributed by atoms with Crippen molar-refractivity contribution < 1.29 is 0 Å². The highest BCUT2D eigenvalue weighted by molar-refractivity contribution is 6.02. The molecule has 0 aliphatic heterocycles. The predicted octanol–water partition coefficient (Wildman–Crippen LogP) is 5.80. The van der Waals surface area contributed by atoms with Crippen LogP contribution in [0.1, 0.15) is 33.6 Å². The smallest absolute Gasteiger partial charge is 0.0426 e. The Labute approximate surface area is 135 Å². The van der Waals surface area contributed by atoms with Gasteiger partial charge < -0.3 is 5.41 Å². The Morgan fingerprint density at radius 1 is 1.36 bits per heavy atom. The van der Waals surface area contributed by atoms with Crippen molar-refractivity contribution in [3.63, 3.8) is 0 Å². The number of hydrogen-bond donors (Lipinski definition) is 1. The fourth-order valence-corrected chi connectivity index (χ4v) is 3.30. The van der Waals surface area contributed by atoms with Gasteiger partial charge in [-0.25, -0.2) is 0 Å². The Kier molecular flexibility index (Phi) is 5.54. The van der Waals surface area contributed by atoms with Crippen LogP contribution in [0.2, 0.25) is 0 Å². The van der Waals surface area contributed by atoms with E-state index in [9.17, 15) is 0 Å². The van der Waals surface area contributed by atoms with Crippen molar-refractivity contribution in [2.75, 3.05) is 0 Å². The molecule has 0 spiro atoms. The number of rotatable bonds is 5. The molecule has 2 rings (SSSR count). The molecular formula is C21H27N. The molecule has 3 atom stereocenters. The largest absolute Gasteiger partial charge is 0.304 e. The van der Waals surface area contributed by atoms with E-state index in [1.807, 2.05) is 6.08 Å². The first kappa shape index (κ1) is 16.5. The molecule has 0 aromatic rings. The van der Waals surface area contributed by atoms with Gasteiger partial charge in [0.1, 0.15) is 0 Å². The first-order valence-electron chi connectivity index (χ1n) is 8.13. The lowest BCUT2D eigenvalue weighted by Gasteiger charge is -2.30. The summed E-state index contributed by atoms with van der Waals surface area (Å²) in [5.41, 5.74) is 4.61. The molecule has 22 heavy (non-hydrogen) atoms. The van der Waals surface area contributed by atoms with Crippen LogP contribution in [0, 0.1) is 23.2 Å². The van der Waals surface area contributed by atoms with Crippen LogP contribution in [0.4, 0.5) is 0 Å². The highest BCUT2D eigenvalue weighted by Gasteiger charge is 2.28. The summed E-state index contributed by atoms with van der Waals surface area (Å²) >= 11 is 0. The van der Waals surface area contributed by atoms with Crippen molar-refractivity contribution in [3.05, 3.63) is 71.9 Å². The van der Waals surface area contributed by atoms with Crippen molar-refractivity contribution in [2.24, 2.45) is 17.8 Å². The molecule has 0 saturated carbocycles. The van der Waals surface area contributed by atoms with E-state index in [0.29, 0.717) is 5.92 Å². The van der Waals surface area contributed by atoms with Gasteiger partial charge in [-0.1, -0.05) is 59.8 Å². The van der Waals surface area contributed by atoms with E-state index >= 15 is 0 Å². The third-order valence-corrected chi connectivity index (χ3v) is 4.56. The maximum Gasteiger partial charge on any atom is 0.0426 e. The topological polar surface area (TPSA) is 23.9 Å². The van der Waals surface area contributed by atoms with Crippen molar-refractivity contribution in [1.29, 1.82) is 5.41 Å². The second-order valence-corrected chi connectivity index (χ2v) is 6.36. The average molecular weight is 293 g/mol. The van der Waals surface area contributed by atoms with Gasteiger partial charge in [-0.2, -0.15) is 0 Å². The average Bonchev–Trinajstić information content (AvgIpc) is 2.52. The van der Waals surface area contributed by atoms with Crippen LogP contribution >= 0.6 is 0 Å². The molecule has 116 valence electrons. The van der Waals surface area contributed by atoms with Crippen molar-refractivity contribution in [2.45, 2.75) is 33.6 Å². The highest BCUT2D eigenvalue weighted by Crippen LogP contribution is 2.34. The lowest BCUT2D eigenvalue weighted by Crippen LogP contribution is -2.26. The Morgan fingerprint density at radius 3 is 2.82 bits per heavy atom. The quantitative estimate of drug-likeness (QED) is 0.489. The first-order chi connectivity index (χ1) is 10.6. The van der Waals surface area contributed by atoms with Crippen LogP contribution in [0.3, 0.4) is 0 Å². The molecule has 2 aliphatic rings. The van der Waals surface area contributed by atoms with Gasteiger partial charge in [0.2, 0.25) is 0 Å². The lowest BCUT2D eigenvalue weighted by atomic mass is 9.74. The number of hydrogen-bond acceptors (Lipinski definition) is 1. The van der Waals surface area contributed by atoms with Gasteiger partial charge in [0.05, 0.1) is 0 Å². The molecule has 0 saturated heterocycles. The predicted molar refractivity (Wildman–Crippen MR) is 97.2 cm³/mol. The van der Waals surface area contributed by atoms with Gasteiger partial charge in [-0.15, -0.1) is 6.58 Å². The molecule has 0 aromatic carbocycles. The van der Waals surface area contributed by atoms with Gasteiger partial charge in [0.25, 0.3) is 0 Å². The summed E-state index contributed by atoms with van der Waals surface area (Å²) in [6.45, 7) is 10.3. The summed E-state index contributed by atoms with van der Waals surface area (Å²) in [6.07, 6.45) is 19.2. The summed E-state index contributed by atoms with van der Waals surface area (Å²) in [6, 6.07) is 0. The third-order valence-electron chi connectivity index (χ3n) is 4.56. The van der Waals surface area contributed by atoms with E-state index < -0.39 is 0 Å². The Balaban J connectivity index is 2.26.